The van der Waals surface area contributed by atoms with Gasteiger partial charge in [0.2, 0.25) is 0 Å². The average Bonchev–Trinajstić information content (AvgIpc) is 3.10. The molecule has 3 heterocycles. The maximum absolute atomic E-state index is 12.5. The van der Waals surface area contributed by atoms with E-state index in [4.69, 9.17) is 4.42 Å². The molecule has 1 N–H and O–H groups in total. The minimum Gasteiger partial charge on any atom is -0.395 e. The molecule has 134 valence electrons. The van der Waals surface area contributed by atoms with Crippen LogP contribution in [-0.2, 0) is 14.1 Å². The fraction of sp³-hybridized carbons (Fsp3) is 0.200. The number of hydrogen-bond donors (Lipinski definition) is 1. The molecule has 26 heavy (non-hydrogen) atoms. The number of nitrogens with zero attached hydrogens (tertiary/aromatic N) is 4. The van der Waals surface area contributed by atoms with Crippen LogP contribution in [0.1, 0.15) is 16.1 Å². The van der Waals surface area contributed by atoms with Crippen LogP contribution >= 0.6 is 0 Å². The normalized spacial score (nSPS) is 10.9. The Morgan fingerprint density at radius 2 is 1.96 bits per heavy atom. The molecule has 0 aromatic carbocycles. The van der Waals surface area contributed by atoms with Crippen molar-refractivity contribution in [2.45, 2.75) is 6.92 Å². The summed E-state index contributed by atoms with van der Waals surface area (Å²) < 4.78 is 6.95. The van der Waals surface area contributed by atoms with Gasteiger partial charge in [-0.2, -0.15) is 0 Å². The highest BCUT2D eigenvalue weighted by atomic mass is 16.6. The predicted molar refractivity (Wildman–Crippen MR) is 90.3 cm³/mol. The van der Waals surface area contributed by atoms with Crippen molar-refractivity contribution in [1.82, 2.24) is 14.1 Å². The Morgan fingerprint density at radius 1 is 1.27 bits per heavy atom. The van der Waals surface area contributed by atoms with Gasteiger partial charge < -0.3 is 9.73 Å². The molecule has 11 heteroatoms. The first-order valence-corrected chi connectivity index (χ1v) is 7.33. The Hall–Kier alpha value is -3.76. The van der Waals surface area contributed by atoms with Crippen molar-refractivity contribution >= 4 is 28.5 Å². The van der Waals surface area contributed by atoms with Crippen LogP contribution in [0.3, 0.4) is 0 Å². The van der Waals surface area contributed by atoms with Gasteiger partial charge in [0, 0.05) is 20.3 Å². The third kappa shape index (κ3) is 2.55. The summed E-state index contributed by atoms with van der Waals surface area (Å²) in [6.45, 7) is 1.62. The number of aryl methyl sites for hydroxylation is 2. The maximum atomic E-state index is 12.5. The van der Waals surface area contributed by atoms with Crippen molar-refractivity contribution in [3.8, 4) is 0 Å². The summed E-state index contributed by atoms with van der Waals surface area (Å²) in [5, 5.41) is 13.2. The number of pyridine rings is 1. The van der Waals surface area contributed by atoms with E-state index in [1.54, 1.807) is 6.92 Å². The first kappa shape index (κ1) is 17.1. The van der Waals surface area contributed by atoms with Crippen molar-refractivity contribution in [1.29, 1.82) is 0 Å². The second-order valence-electron chi connectivity index (χ2n) is 5.57. The highest BCUT2D eigenvalue weighted by molar-refractivity contribution is 6.07. The zero-order valence-corrected chi connectivity index (χ0v) is 14.0. The Bertz CT molecular complexity index is 1190. The number of nitro groups is 1. The SMILES string of the molecule is Cc1cnc2c(c1NC(=O)c1ccc([N+](=O)[O-])o1)c(=O)n(C)c(=O)n2C. The lowest BCUT2D eigenvalue weighted by molar-refractivity contribution is -0.402. The van der Waals surface area contributed by atoms with Crippen molar-refractivity contribution in [2.24, 2.45) is 14.1 Å². The Morgan fingerprint density at radius 3 is 2.58 bits per heavy atom. The second kappa shape index (κ2) is 5.95. The molecule has 3 rings (SSSR count). The van der Waals surface area contributed by atoms with E-state index in [0.29, 0.717) is 5.56 Å². The smallest absolute Gasteiger partial charge is 0.395 e. The van der Waals surface area contributed by atoms with Gasteiger partial charge in [0.25, 0.3) is 11.5 Å². The number of carbonyl (C=O) groups excluding carboxylic acids is 1. The van der Waals surface area contributed by atoms with Gasteiger partial charge in [-0.15, -0.1) is 0 Å². The molecule has 0 atom stereocenters. The number of fused-ring (bicyclic) bond motifs is 1. The predicted octanol–water partition coefficient (Wildman–Crippen LogP) is 0.694. The number of rotatable bonds is 3. The van der Waals surface area contributed by atoms with Crippen LogP contribution in [-0.4, -0.2) is 24.9 Å². The topological polar surface area (TPSA) is 142 Å². The summed E-state index contributed by atoms with van der Waals surface area (Å²) in [6.07, 6.45) is 1.40. The van der Waals surface area contributed by atoms with Crippen molar-refractivity contribution in [3.05, 3.63) is 60.6 Å². The zero-order chi connectivity index (χ0) is 19.2. The van der Waals surface area contributed by atoms with Crippen molar-refractivity contribution in [2.75, 3.05) is 5.32 Å². The summed E-state index contributed by atoms with van der Waals surface area (Å²) in [5.74, 6) is -1.64. The van der Waals surface area contributed by atoms with Crippen molar-refractivity contribution < 1.29 is 14.1 Å². The minimum absolute atomic E-state index is 0.0454. The largest absolute Gasteiger partial charge is 0.433 e. The van der Waals surface area contributed by atoms with E-state index < -0.39 is 28.0 Å². The van der Waals surface area contributed by atoms with Gasteiger partial charge in [0.05, 0.1) is 11.8 Å². The first-order chi connectivity index (χ1) is 12.2. The molecule has 0 spiro atoms. The molecule has 0 aliphatic carbocycles. The minimum atomic E-state index is -0.774. The maximum Gasteiger partial charge on any atom is 0.433 e. The van der Waals surface area contributed by atoms with E-state index in [-0.39, 0.29) is 22.5 Å². The van der Waals surface area contributed by atoms with Gasteiger partial charge >= 0.3 is 11.6 Å². The van der Waals surface area contributed by atoms with E-state index in [2.05, 4.69) is 10.3 Å². The van der Waals surface area contributed by atoms with Crippen LogP contribution in [0.15, 0.2) is 32.3 Å². The molecule has 11 nitrogen and oxygen atoms in total. The first-order valence-electron chi connectivity index (χ1n) is 7.33. The highest BCUT2D eigenvalue weighted by Gasteiger charge is 2.21. The molecular weight excluding hydrogens is 346 g/mol. The quantitative estimate of drug-likeness (QED) is 0.535. The van der Waals surface area contributed by atoms with Gasteiger partial charge in [-0.1, -0.05) is 0 Å². The molecular formula is C15H13N5O6. The van der Waals surface area contributed by atoms with E-state index in [1.165, 1.54) is 24.9 Å². The summed E-state index contributed by atoms with van der Waals surface area (Å²) in [4.78, 5) is 50.9. The van der Waals surface area contributed by atoms with Gasteiger partial charge in [-0.25, -0.2) is 9.78 Å². The van der Waals surface area contributed by atoms with E-state index >= 15 is 0 Å². The number of carbonyl (C=O) groups is 1. The molecule has 3 aromatic rings. The van der Waals surface area contributed by atoms with Crippen LogP contribution in [0, 0.1) is 17.0 Å². The van der Waals surface area contributed by atoms with Crippen LogP contribution < -0.4 is 16.6 Å². The summed E-state index contributed by atoms with van der Waals surface area (Å²) in [7, 11) is 2.77. The van der Waals surface area contributed by atoms with Crippen LogP contribution in [0.2, 0.25) is 0 Å². The Balaban J connectivity index is 2.17. The zero-order valence-electron chi connectivity index (χ0n) is 14.0. The molecule has 0 radical (unpaired) electrons. The number of aromatic nitrogens is 3. The van der Waals surface area contributed by atoms with Gasteiger partial charge in [0.1, 0.15) is 10.3 Å². The van der Waals surface area contributed by atoms with Gasteiger partial charge in [-0.3, -0.25) is 28.8 Å². The lowest BCUT2D eigenvalue weighted by atomic mass is 10.2. The fourth-order valence-electron chi connectivity index (χ4n) is 2.51. The molecule has 0 saturated heterocycles. The number of furan rings is 1. The molecule has 0 saturated carbocycles. The molecule has 3 aromatic heterocycles. The molecule has 0 fully saturated rings. The molecule has 0 unspecified atom stereocenters. The highest BCUT2D eigenvalue weighted by Crippen LogP contribution is 2.23. The van der Waals surface area contributed by atoms with Crippen LogP contribution in [0.25, 0.3) is 11.0 Å². The lowest BCUT2D eigenvalue weighted by Gasteiger charge is -2.13. The van der Waals surface area contributed by atoms with Gasteiger partial charge in [0.15, 0.2) is 11.4 Å². The van der Waals surface area contributed by atoms with E-state index in [1.807, 2.05) is 0 Å². The standard InChI is InChI=1S/C15H13N5O6/c1-7-6-16-12-10(14(22)19(3)15(23)18(12)2)11(7)17-13(21)8-4-5-9(26-8)20(24)25/h4-6H,1-3H3,(H,16,17,21). The van der Waals surface area contributed by atoms with Crippen molar-refractivity contribution in [3.63, 3.8) is 0 Å². The molecule has 1 amide bonds. The number of amides is 1. The third-order valence-corrected chi connectivity index (χ3v) is 3.89. The van der Waals surface area contributed by atoms with E-state index in [0.717, 1.165) is 16.7 Å². The van der Waals surface area contributed by atoms with Crippen LogP contribution in [0.5, 0.6) is 0 Å². The molecule has 0 aliphatic rings. The number of anilines is 1. The Labute approximate surface area is 144 Å². The number of nitrogens with one attached hydrogen (secondary N) is 1. The monoisotopic (exact) mass is 359 g/mol. The third-order valence-electron chi connectivity index (χ3n) is 3.89. The lowest BCUT2D eigenvalue weighted by Crippen LogP contribution is -2.37. The second-order valence-corrected chi connectivity index (χ2v) is 5.57. The molecule has 0 bridgehead atoms. The average molecular weight is 359 g/mol. The van der Waals surface area contributed by atoms with Crippen LogP contribution in [0.4, 0.5) is 11.6 Å². The fourth-order valence-corrected chi connectivity index (χ4v) is 2.51. The summed E-state index contributed by atoms with van der Waals surface area (Å²) >= 11 is 0. The molecule has 0 aliphatic heterocycles. The Kier molecular flexibility index (Phi) is 3.91. The summed E-state index contributed by atoms with van der Waals surface area (Å²) in [5.41, 5.74) is -0.458. The van der Waals surface area contributed by atoms with Gasteiger partial charge in [-0.05, 0) is 18.6 Å². The summed E-state index contributed by atoms with van der Waals surface area (Å²) in [6, 6.07) is 2.20. The van der Waals surface area contributed by atoms with E-state index in [9.17, 15) is 24.5 Å². The number of hydrogen-bond acceptors (Lipinski definition) is 7.